The molecule has 0 saturated carbocycles. The van der Waals surface area contributed by atoms with Gasteiger partial charge in [-0.2, -0.15) is 12.6 Å². The predicted octanol–water partition coefficient (Wildman–Crippen LogP) is 1.81. The smallest absolute Gasteiger partial charge is 0.161 e. The first-order valence-corrected chi connectivity index (χ1v) is 5.63. The molecular weight excluding hydrogens is 212 g/mol. The lowest BCUT2D eigenvalue weighted by atomic mass is 10.1. The van der Waals surface area contributed by atoms with Crippen LogP contribution in [0, 0.1) is 0 Å². The molecule has 0 aromatic heterocycles. The number of thiol groups is 1. The van der Waals surface area contributed by atoms with Crippen molar-refractivity contribution < 1.29 is 14.6 Å². The number of aliphatic hydroxyl groups is 1. The number of fused-ring (bicyclic) bond motifs is 1. The van der Waals surface area contributed by atoms with Gasteiger partial charge in [-0.1, -0.05) is 6.07 Å². The van der Waals surface area contributed by atoms with Gasteiger partial charge in [-0.3, -0.25) is 0 Å². The van der Waals surface area contributed by atoms with Crippen molar-refractivity contribution in [2.24, 2.45) is 0 Å². The summed E-state index contributed by atoms with van der Waals surface area (Å²) in [5, 5.41) is 9.63. The third-order valence-electron chi connectivity index (χ3n) is 2.33. The van der Waals surface area contributed by atoms with E-state index in [0.29, 0.717) is 24.7 Å². The van der Waals surface area contributed by atoms with Crippen molar-refractivity contribution >= 4 is 12.6 Å². The molecule has 1 atom stereocenters. The summed E-state index contributed by atoms with van der Waals surface area (Å²) in [6.45, 7) is 1.34. The molecule has 1 aromatic rings. The van der Waals surface area contributed by atoms with Gasteiger partial charge in [0.05, 0.1) is 19.3 Å². The third-order valence-corrected chi connectivity index (χ3v) is 2.68. The largest absolute Gasteiger partial charge is 0.490 e. The first-order valence-electron chi connectivity index (χ1n) is 4.99. The molecule has 0 aliphatic carbocycles. The Morgan fingerprint density at radius 2 is 2.00 bits per heavy atom. The second-order valence-electron chi connectivity index (χ2n) is 3.46. The normalized spacial score (nSPS) is 16.9. The number of ether oxygens (including phenoxy) is 2. The molecule has 1 unspecified atom stereocenters. The average molecular weight is 226 g/mol. The van der Waals surface area contributed by atoms with Crippen LogP contribution in [0.4, 0.5) is 0 Å². The van der Waals surface area contributed by atoms with Crippen molar-refractivity contribution in [1.29, 1.82) is 0 Å². The first-order chi connectivity index (χ1) is 7.31. The zero-order chi connectivity index (χ0) is 10.7. The Labute approximate surface area is 94.4 Å². The van der Waals surface area contributed by atoms with Crippen LogP contribution >= 0.6 is 12.6 Å². The van der Waals surface area contributed by atoms with Gasteiger partial charge in [0, 0.05) is 12.2 Å². The zero-order valence-corrected chi connectivity index (χ0v) is 9.24. The van der Waals surface area contributed by atoms with Crippen LogP contribution in [0.3, 0.4) is 0 Å². The quantitative estimate of drug-likeness (QED) is 0.755. The predicted molar refractivity (Wildman–Crippen MR) is 60.9 cm³/mol. The molecule has 15 heavy (non-hydrogen) atoms. The highest BCUT2D eigenvalue weighted by Crippen LogP contribution is 2.32. The van der Waals surface area contributed by atoms with Gasteiger partial charge in [-0.15, -0.1) is 0 Å². The van der Waals surface area contributed by atoms with E-state index in [2.05, 4.69) is 12.6 Å². The number of benzene rings is 1. The van der Waals surface area contributed by atoms with Gasteiger partial charge in [0.2, 0.25) is 0 Å². The molecular formula is C11H14O3S. The number of aliphatic hydroxyl groups excluding tert-OH is 1. The Kier molecular flexibility index (Phi) is 3.38. The summed E-state index contributed by atoms with van der Waals surface area (Å²) in [7, 11) is 0. The molecule has 4 heteroatoms. The second-order valence-corrected chi connectivity index (χ2v) is 3.82. The average Bonchev–Trinajstić information content (AvgIpc) is 2.51. The van der Waals surface area contributed by atoms with Gasteiger partial charge in [0.15, 0.2) is 11.5 Å². The van der Waals surface area contributed by atoms with Crippen LogP contribution in [0.2, 0.25) is 0 Å². The van der Waals surface area contributed by atoms with Crippen LogP contribution in [0.25, 0.3) is 0 Å². The highest BCUT2D eigenvalue weighted by atomic mass is 32.1. The molecule has 0 spiro atoms. The molecule has 1 aliphatic rings. The van der Waals surface area contributed by atoms with E-state index in [1.54, 1.807) is 0 Å². The minimum absolute atomic E-state index is 0.402. The maximum Gasteiger partial charge on any atom is 0.161 e. The Balaban J connectivity index is 2.27. The lowest BCUT2D eigenvalue weighted by Gasteiger charge is -2.12. The standard InChI is InChI=1S/C11H14O3S/c12-9(7-15)8-2-3-10-11(6-8)14-5-1-4-13-10/h2-3,6,9,12,15H,1,4-5,7H2. The molecule has 0 fully saturated rings. The molecule has 0 saturated heterocycles. The third kappa shape index (κ3) is 2.38. The summed E-state index contributed by atoms with van der Waals surface area (Å²) in [5.41, 5.74) is 0.814. The maximum absolute atomic E-state index is 9.63. The highest BCUT2D eigenvalue weighted by Gasteiger charge is 2.13. The van der Waals surface area contributed by atoms with E-state index in [9.17, 15) is 5.11 Å². The summed E-state index contributed by atoms with van der Waals surface area (Å²) < 4.78 is 11.0. The summed E-state index contributed by atoms with van der Waals surface area (Å²) >= 11 is 4.05. The van der Waals surface area contributed by atoms with Gasteiger partial charge in [-0.25, -0.2) is 0 Å². The summed E-state index contributed by atoms with van der Waals surface area (Å²) in [6, 6.07) is 5.50. The lowest BCUT2D eigenvalue weighted by Crippen LogP contribution is -2.00. The zero-order valence-electron chi connectivity index (χ0n) is 8.35. The van der Waals surface area contributed by atoms with Crippen molar-refractivity contribution in [2.45, 2.75) is 12.5 Å². The minimum Gasteiger partial charge on any atom is -0.490 e. The van der Waals surface area contributed by atoms with Crippen molar-refractivity contribution in [1.82, 2.24) is 0 Å². The number of hydrogen-bond donors (Lipinski definition) is 2. The number of rotatable bonds is 2. The molecule has 1 aromatic carbocycles. The van der Waals surface area contributed by atoms with Gasteiger partial charge < -0.3 is 14.6 Å². The fraction of sp³-hybridized carbons (Fsp3) is 0.455. The topological polar surface area (TPSA) is 38.7 Å². The van der Waals surface area contributed by atoms with E-state index < -0.39 is 6.10 Å². The van der Waals surface area contributed by atoms with Crippen LogP contribution in [0.15, 0.2) is 18.2 Å². The van der Waals surface area contributed by atoms with E-state index in [1.165, 1.54) is 0 Å². The summed E-state index contributed by atoms with van der Waals surface area (Å²) in [6.07, 6.45) is 0.338. The molecule has 0 bridgehead atoms. The van der Waals surface area contributed by atoms with Crippen molar-refractivity contribution in [3.8, 4) is 11.5 Å². The Hall–Kier alpha value is -0.870. The van der Waals surface area contributed by atoms with E-state index in [4.69, 9.17) is 9.47 Å². The Morgan fingerprint density at radius 3 is 2.73 bits per heavy atom. The Bertz CT molecular complexity index is 341. The fourth-order valence-electron chi connectivity index (χ4n) is 1.49. The maximum atomic E-state index is 9.63. The Morgan fingerprint density at radius 1 is 1.27 bits per heavy atom. The van der Waals surface area contributed by atoms with Crippen molar-refractivity contribution in [2.75, 3.05) is 19.0 Å². The van der Waals surface area contributed by atoms with Gasteiger partial charge >= 0.3 is 0 Å². The van der Waals surface area contributed by atoms with E-state index in [-0.39, 0.29) is 0 Å². The highest BCUT2D eigenvalue weighted by molar-refractivity contribution is 7.80. The SMILES string of the molecule is OC(CS)c1ccc2c(c1)OCCCO2. The molecule has 3 nitrogen and oxygen atoms in total. The number of hydrogen-bond acceptors (Lipinski definition) is 4. The van der Waals surface area contributed by atoms with E-state index in [1.807, 2.05) is 18.2 Å². The van der Waals surface area contributed by atoms with Crippen molar-refractivity contribution in [3.63, 3.8) is 0 Å². The molecule has 1 N–H and O–H groups in total. The van der Waals surface area contributed by atoms with Crippen LogP contribution < -0.4 is 9.47 Å². The van der Waals surface area contributed by atoms with E-state index in [0.717, 1.165) is 17.7 Å². The first kappa shape index (κ1) is 10.6. The fourth-order valence-corrected chi connectivity index (χ4v) is 1.70. The monoisotopic (exact) mass is 226 g/mol. The molecule has 2 rings (SSSR count). The van der Waals surface area contributed by atoms with Gasteiger partial charge in [-0.05, 0) is 17.7 Å². The molecule has 0 amide bonds. The van der Waals surface area contributed by atoms with Crippen LogP contribution in [0.1, 0.15) is 18.1 Å². The molecule has 1 heterocycles. The van der Waals surface area contributed by atoms with Crippen LogP contribution in [0.5, 0.6) is 11.5 Å². The molecule has 82 valence electrons. The van der Waals surface area contributed by atoms with Crippen LogP contribution in [-0.2, 0) is 0 Å². The lowest BCUT2D eigenvalue weighted by molar-refractivity contribution is 0.203. The van der Waals surface area contributed by atoms with Gasteiger partial charge in [0.1, 0.15) is 0 Å². The summed E-state index contributed by atoms with van der Waals surface area (Å²) in [5.74, 6) is 1.87. The molecule has 1 aliphatic heterocycles. The summed E-state index contributed by atoms with van der Waals surface area (Å²) in [4.78, 5) is 0. The minimum atomic E-state index is -0.550. The van der Waals surface area contributed by atoms with E-state index >= 15 is 0 Å². The second kappa shape index (κ2) is 4.77. The van der Waals surface area contributed by atoms with Crippen molar-refractivity contribution in [3.05, 3.63) is 23.8 Å². The van der Waals surface area contributed by atoms with Crippen LogP contribution in [-0.4, -0.2) is 24.1 Å². The van der Waals surface area contributed by atoms with Gasteiger partial charge in [0.25, 0.3) is 0 Å². The molecule has 0 radical (unpaired) electrons.